The van der Waals surface area contributed by atoms with E-state index in [1.54, 1.807) is 6.07 Å². The van der Waals surface area contributed by atoms with Crippen LogP contribution in [0.4, 0.5) is 0 Å². The van der Waals surface area contributed by atoms with Crippen molar-refractivity contribution in [2.45, 2.75) is 6.42 Å². The molecule has 25 heavy (non-hydrogen) atoms. The lowest BCUT2D eigenvalue weighted by atomic mass is 10.1. The molecule has 0 unspecified atom stereocenters. The molecule has 0 bridgehead atoms. The average molecular weight is 364 g/mol. The first kappa shape index (κ1) is 19.3. The molecule has 6 nitrogen and oxygen atoms in total. The van der Waals surface area contributed by atoms with E-state index in [1.165, 1.54) is 7.11 Å². The number of benzene rings is 1. The standard InChI is InChI=1S/C18H21N3O3.ClH/c1-22-18-15(13-19)11-14-12-16(3-4-17(14)20-18)24-8-2-5-21-6-9-23-10-7-21;/h3-4,11-12H,2,5-10H2,1H3;1H. The highest BCUT2D eigenvalue weighted by molar-refractivity contribution is 5.85. The number of rotatable bonds is 6. The van der Waals surface area contributed by atoms with Gasteiger partial charge < -0.3 is 14.2 Å². The Morgan fingerprint density at radius 1 is 1.28 bits per heavy atom. The van der Waals surface area contributed by atoms with Crippen LogP contribution >= 0.6 is 12.4 Å². The second-order valence-corrected chi connectivity index (χ2v) is 5.67. The van der Waals surface area contributed by atoms with Crippen LogP contribution in [-0.2, 0) is 4.74 Å². The van der Waals surface area contributed by atoms with Crippen molar-refractivity contribution in [3.63, 3.8) is 0 Å². The molecular formula is C18H22ClN3O3. The molecule has 0 radical (unpaired) electrons. The number of hydrogen-bond donors (Lipinski definition) is 0. The highest BCUT2D eigenvalue weighted by atomic mass is 35.5. The topological polar surface area (TPSA) is 67.6 Å². The largest absolute Gasteiger partial charge is 0.494 e. The molecule has 0 aliphatic carbocycles. The van der Waals surface area contributed by atoms with Gasteiger partial charge in [-0.15, -0.1) is 12.4 Å². The van der Waals surface area contributed by atoms with Gasteiger partial charge in [-0.3, -0.25) is 4.90 Å². The van der Waals surface area contributed by atoms with Crippen LogP contribution in [-0.4, -0.2) is 56.4 Å². The Hall–Kier alpha value is -2.07. The van der Waals surface area contributed by atoms with Gasteiger partial charge in [0.2, 0.25) is 5.88 Å². The molecule has 1 aliphatic heterocycles. The number of hydrogen-bond acceptors (Lipinski definition) is 6. The molecule has 0 spiro atoms. The van der Waals surface area contributed by atoms with E-state index in [1.807, 2.05) is 18.2 Å². The fourth-order valence-electron chi connectivity index (χ4n) is 2.77. The van der Waals surface area contributed by atoms with E-state index in [2.05, 4.69) is 16.0 Å². The summed E-state index contributed by atoms with van der Waals surface area (Å²) < 4.78 is 16.3. The molecule has 0 amide bonds. The normalized spacial score (nSPS) is 14.6. The number of morpholine rings is 1. The van der Waals surface area contributed by atoms with Crippen LogP contribution in [0.15, 0.2) is 24.3 Å². The summed E-state index contributed by atoms with van der Waals surface area (Å²) in [5.41, 5.74) is 1.21. The van der Waals surface area contributed by atoms with Gasteiger partial charge in [0.25, 0.3) is 0 Å². The SMILES string of the molecule is COc1nc2ccc(OCCCN3CCOCC3)cc2cc1C#N.Cl. The summed E-state index contributed by atoms with van der Waals surface area (Å²) >= 11 is 0. The van der Waals surface area contributed by atoms with Crippen molar-refractivity contribution in [1.82, 2.24) is 9.88 Å². The maximum absolute atomic E-state index is 9.16. The number of pyridine rings is 1. The van der Waals surface area contributed by atoms with E-state index in [9.17, 15) is 0 Å². The molecule has 1 aromatic carbocycles. The van der Waals surface area contributed by atoms with Crippen LogP contribution in [0.1, 0.15) is 12.0 Å². The van der Waals surface area contributed by atoms with Gasteiger partial charge in [0.05, 0.1) is 32.4 Å². The molecule has 1 aromatic heterocycles. The van der Waals surface area contributed by atoms with E-state index in [0.29, 0.717) is 18.1 Å². The second kappa shape index (κ2) is 9.42. The monoisotopic (exact) mass is 363 g/mol. The fraction of sp³-hybridized carbons (Fsp3) is 0.444. The summed E-state index contributed by atoms with van der Waals surface area (Å²) in [4.78, 5) is 6.74. The van der Waals surface area contributed by atoms with Crippen LogP contribution in [0.2, 0.25) is 0 Å². The average Bonchev–Trinajstić information content (AvgIpc) is 2.64. The van der Waals surface area contributed by atoms with Gasteiger partial charge in [0.1, 0.15) is 17.4 Å². The first-order valence-electron chi connectivity index (χ1n) is 8.12. The molecule has 1 aliphatic rings. The van der Waals surface area contributed by atoms with E-state index in [4.69, 9.17) is 19.5 Å². The maximum atomic E-state index is 9.16. The fourth-order valence-corrected chi connectivity index (χ4v) is 2.77. The Labute approximate surface area is 153 Å². The van der Waals surface area contributed by atoms with E-state index >= 15 is 0 Å². The van der Waals surface area contributed by atoms with Crippen molar-refractivity contribution in [2.24, 2.45) is 0 Å². The Morgan fingerprint density at radius 2 is 2.08 bits per heavy atom. The third kappa shape index (κ3) is 4.95. The number of nitriles is 1. The highest BCUT2D eigenvalue weighted by Crippen LogP contribution is 2.25. The molecular weight excluding hydrogens is 342 g/mol. The smallest absolute Gasteiger partial charge is 0.231 e. The van der Waals surface area contributed by atoms with Gasteiger partial charge in [-0.2, -0.15) is 5.26 Å². The molecule has 7 heteroatoms. The number of fused-ring (bicyclic) bond motifs is 1. The molecule has 0 N–H and O–H groups in total. The van der Waals surface area contributed by atoms with Crippen molar-refractivity contribution in [3.8, 4) is 17.7 Å². The van der Waals surface area contributed by atoms with Gasteiger partial charge in [0, 0.05) is 25.0 Å². The van der Waals surface area contributed by atoms with Crippen LogP contribution in [0.25, 0.3) is 10.9 Å². The lowest BCUT2D eigenvalue weighted by molar-refractivity contribution is 0.0358. The molecule has 3 rings (SSSR count). The van der Waals surface area contributed by atoms with Gasteiger partial charge in [-0.25, -0.2) is 4.98 Å². The third-order valence-corrected chi connectivity index (χ3v) is 4.06. The zero-order chi connectivity index (χ0) is 16.8. The van der Waals surface area contributed by atoms with Crippen molar-refractivity contribution in [1.29, 1.82) is 5.26 Å². The van der Waals surface area contributed by atoms with Crippen LogP contribution in [0.3, 0.4) is 0 Å². The number of ether oxygens (including phenoxy) is 3. The Balaban J connectivity index is 0.00000225. The van der Waals surface area contributed by atoms with Crippen LogP contribution in [0, 0.1) is 11.3 Å². The molecule has 0 atom stereocenters. The molecule has 134 valence electrons. The van der Waals surface area contributed by atoms with Crippen molar-refractivity contribution >= 4 is 23.3 Å². The van der Waals surface area contributed by atoms with E-state index in [0.717, 1.165) is 55.9 Å². The summed E-state index contributed by atoms with van der Waals surface area (Å²) in [5.74, 6) is 1.14. The Morgan fingerprint density at radius 3 is 2.80 bits per heavy atom. The number of methoxy groups -OCH3 is 1. The molecule has 2 heterocycles. The highest BCUT2D eigenvalue weighted by Gasteiger charge is 2.10. The molecule has 1 saturated heterocycles. The maximum Gasteiger partial charge on any atom is 0.231 e. The number of aromatic nitrogens is 1. The number of nitrogens with zero attached hydrogens (tertiary/aromatic N) is 3. The van der Waals surface area contributed by atoms with Crippen LogP contribution < -0.4 is 9.47 Å². The van der Waals surface area contributed by atoms with Gasteiger partial charge in [-0.1, -0.05) is 0 Å². The van der Waals surface area contributed by atoms with Crippen LogP contribution in [0.5, 0.6) is 11.6 Å². The zero-order valence-electron chi connectivity index (χ0n) is 14.2. The van der Waals surface area contributed by atoms with Gasteiger partial charge >= 0.3 is 0 Å². The summed E-state index contributed by atoms with van der Waals surface area (Å²) in [6.45, 7) is 5.33. The van der Waals surface area contributed by atoms with Gasteiger partial charge in [-0.05, 0) is 30.7 Å². The zero-order valence-corrected chi connectivity index (χ0v) is 15.1. The minimum absolute atomic E-state index is 0. The summed E-state index contributed by atoms with van der Waals surface area (Å²) in [6, 6.07) is 9.58. The first-order chi connectivity index (χ1) is 11.8. The molecule has 2 aromatic rings. The Bertz CT molecular complexity index is 742. The summed E-state index contributed by atoms with van der Waals surface area (Å²) in [6.07, 6.45) is 0.975. The lowest BCUT2D eigenvalue weighted by Crippen LogP contribution is -2.37. The lowest BCUT2D eigenvalue weighted by Gasteiger charge is -2.26. The number of halogens is 1. The molecule has 1 fully saturated rings. The Kier molecular flexibility index (Phi) is 7.26. The summed E-state index contributed by atoms with van der Waals surface area (Å²) in [7, 11) is 1.51. The van der Waals surface area contributed by atoms with Gasteiger partial charge in [0.15, 0.2) is 0 Å². The second-order valence-electron chi connectivity index (χ2n) is 5.67. The van der Waals surface area contributed by atoms with Crippen molar-refractivity contribution < 1.29 is 14.2 Å². The van der Waals surface area contributed by atoms with Crippen molar-refractivity contribution in [3.05, 3.63) is 29.8 Å². The predicted octanol–water partition coefficient (Wildman–Crippen LogP) is 2.64. The van der Waals surface area contributed by atoms with Crippen molar-refractivity contribution in [2.75, 3.05) is 46.6 Å². The minimum Gasteiger partial charge on any atom is -0.494 e. The summed E-state index contributed by atoms with van der Waals surface area (Å²) in [5, 5.41) is 10.0. The third-order valence-electron chi connectivity index (χ3n) is 4.06. The predicted molar refractivity (Wildman–Crippen MR) is 97.6 cm³/mol. The minimum atomic E-state index is 0. The van der Waals surface area contributed by atoms with E-state index in [-0.39, 0.29) is 12.4 Å². The first-order valence-corrected chi connectivity index (χ1v) is 8.12. The molecule has 0 saturated carbocycles. The quantitative estimate of drug-likeness (QED) is 0.735. The van der Waals surface area contributed by atoms with E-state index < -0.39 is 0 Å².